The molecule has 1 aliphatic rings. The first-order valence-electron chi connectivity index (χ1n) is 8.29. The van der Waals surface area contributed by atoms with E-state index in [4.69, 9.17) is 4.42 Å². The number of nitrogens with zero attached hydrogens (tertiary/aromatic N) is 2. The third kappa shape index (κ3) is 2.97. The van der Waals surface area contributed by atoms with Gasteiger partial charge in [0.2, 0.25) is 0 Å². The first-order valence-corrected chi connectivity index (χ1v) is 8.29. The molecule has 1 amide bonds. The summed E-state index contributed by atoms with van der Waals surface area (Å²) < 4.78 is 5.19. The predicted octanol–water partition coefficient (Wildman–Crippen LogP) is 4.07. The number of fused-ring (bicyclic) bond motifs is 1. The maximum absolute atomic E-state index is 12.4. The van der Waals surface area contributed by atoms with Crippen molar-refractivity contribution in [2.45, 2.75) is 19.3 Å². The molecule has 0 atom stereocenters. The molecule has 1 fully saturated rings. The Bertz CT molecular complexity index is 848. The van der Waals surface area contributed by atoms with Crippen LogP contribution >= 0.6 is 0 Å². The van der Waals surface area contributed by atoms with Gasteiger partial charge in [-0.3, -0.25) is 4.79 Å². The number of hydrogen-bond acceptors (Lipinski definition) is 4. The van der Waals surface area contributed by atoms with Crippen molar-refractivity contribution in [3.8, 4) is 0 Å². The third-order valence-corrected chi connectivity index (χ3v) is 4.44. The van der Waals surface area contributed by atoms with Crippen molar-refractivity contribution in [1.82, 2.24) is 4.98 Å². The van der Waals surface area contributed by atoms with Gasteiger partial charge in [0.15, 0.2) is 12.0 Å². The number of aromatic nitrogens is 1. The zero-order valence-corrected chi connectivity index (χ0v) is 13.4. The first kappa shape index (κ1) is 14.8. The van der Waals surface area contributed by atoms with E-state index in [9.17, 15) is 4.79 Å². The lowest BCUT2D eigenvalue weighted by Gasteiger charge is -2.28. The summed E-state index contributed by atoms with van der Waals surface area (Å²) in [4.78, 5) is 18.9. The molecule has 1 saturated heterocycles. The van der Waals surface area contributed by atoms with Gasteiger partial charge in [-0.05, 0) is 61.7 Å². The fraction of sp³-hybridized carbons (Fsp3) is 0.263. The van der Waals surface area contributed by atoms with Crippen LogP contribution in [0.2, 0.25) is 0 Å². The van der Waals surface area contributed by atoms with E-state index in [0.717, 1.165) is 18.8 Å². The van der Waals surface area contributed by atoms with E-state index in [1.54, 1.807) is 18.2 Å². The molecule has 0 saturated carbocycles. The fourth-order valence-electron chi connectivity index (χ4n) is 3.11. The van der Waals surface area contributed by atoms with Crippen LogP contribution in [0.5, 0.6) is 0 Å². The van der Waals surface area contributed by atoms with E-state index in [1.165, 1.54) is 31.3 Å². The van der Waals surface area contributed by atoms with Gasteiger partial charge < -0.3 is 14.6 Å². The number of oxazole rings is 1. The van der Waals surface area contributed by atoms with Crippen LogP contribution in [0.1, 0.15) is 29.6 Å². The van der Waals surface area contributed by atoms with Crippen molar-refractivity contribution in [3.05, 3.63) is 54.4 Å². The summed E-state index contributed by atoms with van der Waals surface area (Å²) in [6.45, 7) is 2.23. The minimum absolute atomic E-state index is 0.148. The number of amides is 1. The number of hydrogen-bond donors (Lipinski definition) is 1. The molecule has 0 radical (unpaired) electrons. The normalized spacial score (nSPS) is 14.8. The molecule has 1 aromatic heterocycles. The topological polar surface area (TPSA) is 58.4 Å². The van der Waals surface area contributed by atoms with Crippen LogP contribution in [-0.2, 0) is 0 Å². The van der Waals surface area contributed by atoms with Gasteiger partial charge in [-0.2, -0.15) is 0 Å². The van der Waals surface area contributed by atoms with Crippen LogP contribution in [0.15, 0.2) is 53.3 Å². The quantitative estimate of drug-likeness (QED) is 0.790. The molecule has 3 aromatic rings. The van der Waals surface area contributed by atoms with E-state index in [-0.39, 0.29) is 5.91 Å². The Morgan fingerprint density at radius 2 is 1.83 bits per heavy atom. The maximum Gasteiger partial charge on any atom is 0.255 e. The van der Waals surface area contributed by atoms with Crippen molar-refractivity contribution in [1.29, 1.82) is 0 Å². The minimum Gasteiger partial charge on any atom is -0.443 e. The van der Waals surface area contributed by atoms with Gasteiger partial charge in [-0.15, -0.1) is 0 Å². The van der Waals surface area contributed by atoms with Crippen molar-refractivity contribution in [2.24, 2.45) is 0 Å². The molecule has 24 heavy (non-hydrogen) atoms. The fourth-order valence-corrected chi connectivity index (χ4v) is 3.11. The monoisotopic (exact) mass is 321 g/mol. The van der Waals surface area contributed by atoms with E-state index >= 15 is 0 Å². The Morgan fingerprint density at radius 1 is 1.04 bits per heavy atom. The van der Waals surface area contributed by atoms with Crippen molar-refractivity contribution in [2.75, 3.05) is 23.3 Å². The van der Waals surface area contributed by atoms with E-state index < -0.39 is 0 Å². The third-order valence-electron chi connectivity index (χ3n) is 4.44. The molecule has 0 aliphatic carbocycles. The number of piperidine rings is 1. The number of carbonyl (C=O) groups is 1. The molecule has 5 heteroatoms. The van der Waals surface area contributed by atoms with Gasteiger partial charge >= 0.3 is 0 Å². The molecular weight excluding hydrogens is 302 g/mol. The van der Waals surface area contributed by atoms with Crippen LogP contribution in [0.3, 0.4) is 0 Å². The second-order valence-electron chi connectivity index (χ2n) is 6.08. The van der Waals surface area contributed by atoms with Crippen LogP contribution in [0.25, 0.3) is 11.1 Å². The molecule has 4 rings (SSSR count). The molecule has 1 aliphatic heterocycles. The molecule has 0 spiro atoms. The molecule has 1 N–H and O–H groups in total. The molecule has 5 nitrogen and oxygen atoms in total. The summed E-state index contributed by atoms with van der Waals surface area (Å²) in [5, 5.41) is 2.93. The van der Waals surface area contributed by atoms with Gasteiger partial charge in [0.25, 0.3) is 5.91 Å². The zero-order valence-electron chi connectivity index (χ0n) is 13.4. The van der Waals surface area contributed by atoms with Crippen molar-refractivity contribution >= 4 is 28.4 Å². The highest BCUT2D eigenvalue weighted by molar-refractivity contribution is 6.05. The summed E-state index contributed by atoms with van der Waals surface area (Å²) in [6.07, 6.45) is 5.21. The smallest absolute Gasteiger partial charge is 0.255 e. The van der Waals surface area contributed by atoms with Crippen molar-refractivity contribution < 1.29 is 9.21 Å². The van der Waals surface area contributed by atoms with Gasteiger partial charge in [0, 0.05) is 30.0 Å². The van der Waals surface area contributed by atoms with E-state index in [2.05, 4.69) is 27.3 Å². The highest BCUT2D eigenvalue weighted by atomic mass is 16.3. The summed E-state index contributed by atoms with van der Waals surface area (Å²) in [5.41, 5.74) is 3.94. The number of nitrogens with one attached hydrogen (secondary N) is 1. The highest BCUT2D eigenvalue weighted by Gasteiger charge is 2.12. The Kier molecular flexibility index (Phi) is 3.91. The Hall–Kier alpha value is -2.82. The lowest BCUT2D eigenvalue weighted by atomic mass is 10.1. The Balaban J connectivity index is 1.46. The van der Waals surface area contributed by atoms with Gasteiger partial charge in [0.1, 0.15) is 5.52 Å². The minimum atomic E-state index is -0.148. The number of anilines is 2. The summed E-state index contributed by atoms with van der Waals surface area (Å²) >= 11 is 0. The molecular formula is C19H19N3O2. The van der Waals surface area contributed by atoms with E-state index in [1.807, 2.05) is 12.1 Å². The predicted molar refractivity (Wildman–Crippen MR) is 94.5 cm³/mol. The number of carbonyl (C=O) groups excluding carboxylic acids is 1. The van der Waals surface area contributed by atoms with Gasteiger partial charge in [-0.1, -0.05) is 0 Å². The summed E-state index contributed by atoms with van der Waals surface area (Å²) in [5.74, 6) is -0.148. The highest BCUT2D eigenvalue weighted by Crippen LogP contribution is 2.22. The lowest BCUT2D eigenvalue weighted by molar-refractivity contribution is 0.102. The average molecular weight is 321 g/mol. The van der Waals surface area contributed by atoms with Gasteiger partial charge in [-0.25, -0.2) is 4.98 Å². The lowest BCUT2D eigenvalue weighted by Crippen LogP contribution is -2.29. The summed E-state index contributed by atoms with van der Waals surface area (Å²) in [7, 11) is 0. The standard InChI is InChI=1S/C19H19N3O2/c23-19(14-4-9-18-17(12-14)20-13-24-18)21-15-5-7-16(8-6-15)22-10-2-1-3-11-22/h4-9,12-13H,1-3,10-11H2,(H,21,23). The number of rotatable bonds is 3. The zero-order chi connectivity index (χ0) is 16.4. The SMILES string of the molecule is O=C(Nc1ccc(N2CCCCC2)cc1)c1ccc2ocnc2c1. The van der Waals surface area contributed by atoms with Crippen molar-refractivity contribution in [3.63, 3.8) is 0 Å². The van der Waals surface area contributed by atoms with Crippen LogP contribution in [0, 0.1) is 0 Å². The molecule has 122 valence electrons. The first-order chi connectivity index (χ1) is 11.8. The van der Waals surface area contributed by atoms with Crippen LogP contribution in [0.4, 0.5) is 11.4 Å². The van der Waals surface area contributed by atoms with Crippen LogP contribution in [-0.4, -0.2) is 24.0 Å². The molecule has 0 unspecified atom stereocenters. The maximum atomic E-state index is 12.4. The Labute approximate surface area is 140 Å². The summed E-state index contributed by atoms with van der Waals surface area (Å²) in [6, 6.07) is 13.3. The second-order valence-corrected chi connectivity index (χ2v) is 6.08. The molecule has 2 aromatic carbocycles. The average Bonchev–Trinajstić information content (AvgIpc) is 3.11. The van der Waals surface area contributed by atoms with Gasteiger partial charge in [0.05, 0.1) is 0 Å². The molecule has 2 heterocycles. The Morgan fingerprint density at radius 3 is 2.62 bits per heavy atom. The largest absolute Gasteiger partial charge is 0.443 e. The number of benzene rings is 2. The molecule has 0 bridgehead atoms. The van der Waals surface area contributed by atoms with E-state index in [0.29, 0.717) is 16.7 Å². The second kappa shape index (κ2) is 6.35. The van der Waals surface area contributed by atoms with Crippen LogP contribution < -0.4 is 10.2 Å².